The molecule has 7 rings (SSSR count). The van der Waals surface area contributed by atoms with Crippen LogP contribution < -0.4 is 4.74 Å². The SMILES string of the molecule is O=C(Cn1c(-c2ccc(OCc3ccccc3)cc2)c(C2CCCCC2)c2sc(C(=O)O)cc21)c1ccc(-c2ccccc2)cc1. The van der Waals surface area contributed by atoms with E-state index in [1.54, 1.807) is 6.07 Å². The largest absolute Gasteiger partial charge is 0.489 e. The molecule has 1 saturated carbocycles. The van der Waals surface area contributed by atoms with E-state index in [1.807, 2.05) is 84.9 Å². The number of ketones is 1. The van der Waals surface area contributed by atoms with Gasteiger partial charge in [-0.05, 0) is 76.9 Å². The molecular weight excluding hydrogens is 591 g/mol. The van der Waals surface area contributed by atoms with E-state index in [2.05, 4.69) is 28.8 Å². The van der Waals surface area contributed by atoms with Crippen LogP contribution in [0.25, 0.3) is 32.6 Å². The van der Waals surface area contributed by atoms with E-state index in [9.17, 15) is 14.7 Å². The first-order valence-electron chi connectivity index (χ1n) is 15.9. The van der Waals surface area contributed by atoms with Gasteiger partial charge in [-0.1, -0.05) is 104 Å². The molecule has 230 valence electrons. The summed E-state index contributed by atoms with van der Waals surface area (Å²) in [5, 5.41) is 9.95. The number of Topliss-reactive ketones (excluding diaryl/α,β-unsaturated/α-hetero) is 1. The Hall–Kier alpha value is -4.94. The number of carboxylic acid groups (broad SMARTS) is 1. The first-order valence-corrected chi connectivity index (χ1v) is 16.7. The highest BCUT2D eigenvalue weighted by Crippen LogP contribution is 2.47. The van der Waals surface area contributed by atoms with Crippen LogP contribution in [0.15, 0.2) is 115 Å². The fourth-order valence-corrected chi connectivity index (χ4v) is 7.79. The van der Waals surface area contributed by atoms with E-state index in [0.717, 1.165) is 69.6 Å². The lowest BCUT2D eigenvalue weighted by Crippen LogP contribution is -2.13. The van der Waals surface area contributed by atoms with Gasteiger partial charge in [0.2, 0.25) is 0 Å². The number of benzene rings is 4. The predicted octanol–water partition coefficient (Wildman–Crippen LogP) is 10.2. The number of thiophene rings is 1. The average Bonchev–Trinajstić information content (AvgIpc) is 3.67. The molecule has 46 heavy (non-hydrogen) atoms. The topological polar surface area (TPSA) is 68.5 Å². The Kier molecular flexibility index (Phi) is 8.53. The van der Waals surface area contributed by atoms with E-state index in [0.29, 0.717) is 23.0 Å². The molecule has 0 bridgehead atoms. The number of aromatic nitrogens is 1. The zero-order chi connectivity index (χ0) is 31.5. The molecule has 0 radical (unpaired) electrons. The average molecular weight is 626 g/mol. The smallest absolute Gasteiger partial charge is 0.345 e. The van der Waals surface area contributed by atoms with Crippen molar-refractivity contribution < 1.29 is 19.4 Å². The Morgan fingerprint density at radius 2 is 1.39 bits per heavy atom. The van der Waals surface area contributed by atoms with Crippen molar-refractivity contribution in [3.05, 3.63) is 137 Å². The van der Waals surface area contributed by atoms with Crippen LogP contribution >= 0.6 is 11.3 Å². The van der Waals surface area contributed by atoms with Crippen molar-refractivity contribution in [2.24, 2.45) is 0 Å². The van der Waals surface area contributed by atoms with Crippen molar-refractivity contribution in [3.8, 4) is 28.1 Å². The Morgan fingerprint density at radius 1 is 0.761 bits per heavy atom. The van der Waals surface area contributed by atoms with Crippen molar-refractivity contribution in [3.63, 3.8) is 0 Å². The highest BCUT2D eigenvalue weighted by atomic mass is 32.1. The van der Waals surface area contributed by atoms with Gasteiger partial charge in [-0.2, -0.15) is 0 Å². The maximum Gasteiger partial charge on any atom is 0.345 e. The lowest BCUT2D eigenvalue weighted by atomic mass is 9.83. The molecule has 1 aliphatic carbocycles. The van der Waals surface area contributed by atoms with Crippen LogP contribution in [0.5, 0.6) is 5.75 Å². The number of carbonyl (C=O) groups excluding carboxylic acids is 1. The van der Waals surface area contributed by atoms with E-state index >= 15 is 0 Å². The van der Waals surface area contributed by atoms with Gasteiger partial charge < -0.3 is 14.4 Å². The molecular formula is C40H35NO4S. The number of rotatable bonds is 10. The molecule has 6 heteroatoms. The standard InChI is InChI=1S/C40H35NO4S/c42-35(30-18-16-29(17-19-30)28-12-6-2-7-13-28)25-41-34-24-36(40(43)44)46-39(34)37(31-14-8-3-9-15-31)38(41)32-20-22-33(23-21-32)45-26-27-10-4-1-5-11-27/h1-2,4-7,10-13,16-24,31H,3,8-9,14-15,25-26H2,(H,43,44). The van der Waals surface area contributed by atoms with Crippen LogP contribution in [0.1, 0.15) is 69.2 Å². The summed E-state index contributed by atoms with van der Waals surface area (Å²) in [5.41, 5.74) is 7.89. The van der Waals surface area contributed by atoms with Gasteiger partial charge in [-0.15, -0.1) is 11.3 Å². The number of nitrogens with zero attached hydrogens (tertiary/aromatic N) is 1. The Labute approximate surface area is 272 Å². The van der Waals surface area contributed by atoms with Crippen LogP contribution in [-0.4, -0.2) is 21.4 Å². The highest BCUT2D eigenvalue weighted by molar-refractivity contribution is 7.21. The third kappa shape index (κ3) is 6.13. The molecule has 6 aromatic rings. The molecule has 2 heterocycles. The number of fused-ring (bicyclic) bond motifs is 1. The maximum absolute atomic E-state index is 13.9. The molecule has 0 unspecified atom stereocenters. The van der Waals surface area contributed by atoms with Gasteiger partial charge in [-0.3, -0.25) is 4.79 Å². The molecule has 0 spiro atoms. The monoisotopic (exact) mass is 625 g/mol. The second-order valence-corrected chi connectivity index (χ2v) is 13.0. The summed E-state index contributed by atoms with van der Waals surface area (Å²) >= 11 is 1.33. The Balaban J connectivity index is 1.28. The fourth-order valence-electron chi connectivity index (χ4n) is 6.66. The number of carbonyl (C=O) groups is 2. The van der Waals surface area contributed by atoms with Gasteiger partial charge in [-0.25, -0.2) is 4.79 Å². The molecule has 5 nitrogen and oxygen atoms in total. The van der Waals surface area contributed by atoms with Gasteiger partial charge >= 0.3 is 5.97 Å². The number of aromatic carboxylic acids is 1. The lowest BCUT2D eigenvalue weighted by molar-refractivity contribution is 0.0702. The maximum atomic E-state index is 13.9. The number of hydrogen-bond donors (Lipinski definition) is 1. The third-order valence-corrected chi connectivity index (χ3v) is 10.1. The van der Waals surface area contributed by atoms with E-state index in [1.165, 1.54) is 23.3 Å². The normalized spacial score (nSPS) is 13.6. The number of carboxylic acids is 1. The number of ether oxygens (including phenoxy) is 1. The van der Waals surface area contributed by atoms with Crippen molar-refractivity contribution >= 4 is 33.3 Å². The van der Waals surface area contributed by atoms with Crippen LogP contribution in [0.4, 0.5) is 0 Å². The molecule has 0 amide bonds. The number of hydrogen-bond acceptors (Lipinski definition) is 4. The zero-order valence-corrected chi connectivity index (χ0v) is 26.3. The van der Waals surface area contributed by atoms with Crippen LogP contribution in [-0.2, 0) is 13.2 Å². The summed E-state index contributed by atoms with van der Waals surface area (Å²) in [6, 6.07) is 37.8. The Morgan fingerprint density at radius 3 is 2.07 bits per heavy atom. The molecule has 2 aromatic heterocycles. The van der Waals surface area contributed by atoms with Crippen molar-refractivity contribution in [2.75, 3.05) is 0 Å². The molecule has 4 aromatic carbocycles. The first-order chi connectivity index (χ1) is 22.5. The van der Waals surface area contributed by atoms with Gasteiger partial charge in [0, 0.05) is 5.56 Å². The van der Waals surface area contributed by atoms with Crippen molar-refractivity contribution in [1.29, 1.82) is 0 Å². The van der Waals surface area contributed by atoms with Crippen molar-refractivity contribution in [1.82, 2.24) is 4.57 Å². The van der Waals surface area contributed by atoms with Crippen molar-refractivity contribution in [2.45, 2.75) is 51.2 Å². The van der Waals surface area contributed by atoms with Gasteiger partial charge in [0.25, 0.3) is 0 Å². The minimum absolute atomic E-state index is 0.0150. The fraction of sp³-hybridized carbons (Fsp3) is 0.200. The minimum atomic E-state index is -0.938. The quantitative estimate of drug-likeness (QED) is 0.154. The molecule has 0 aliphatic heterocycles. The lowest BCUT2D eigenvalue weighted by Gasteiger charge is -2.23. The third-order valence-electron chi connectivity index (χ3n) is 8.99. The predicted molar refractivity (Wildman–Crippen MR) is 185 cm³/mol. The van der Waals surface area contributed by atoms with Gasteiger partial charge in [0.15, 0.2) is 5.78 Å². The summed E-state index contributed by atoms with van der Waals surface area (Å²) in [7, 11) is 0. The summed E-state index contributed by atoms with van der Waals surface area (Å²) < 4.78 is 9.13. The van der Waals surface area contributed by atoms with E-state index in [-0.39, 0.29) is 12.3 Å². The molecule has 1 fully saturated rings. The summed E-state index contributed by atoms with van der Waals surface area (Å²) in [5.74, 6) is 0.127. The van der Waals surface area contributed by atoms with Crippen LogP contribution in [0.2, 0.25) is 0 Å². The summed E-state index contributed by atoms with van der Waals surface area (Å²) in [4.78, 5) is 26.4. The zero-order valence-electron chi connectivity index (χ0n) is 25.5. The molecule has 1 N–H and O–H groups in total. The minimum Gasteiger partial charge on any atom is -0.489 e. The van der Waals surface area contributed by atoms with Crippen LogP contribution in [0, 0.1) is 0 Å². The Bertz CT molecular complexity index is 1970. The van der Waals surface area contributed by atoms with Gasteiger partial charge in [0.1, 0.15) is 17.2 Å². The first kappa shape index (κ1) is 29.8. The molecule has 0 saturated heterocycles. The summed E-state index contributed by atoms with van der Waals surface area (Å²) in [6.07, 6.45) is 5.62. The van der Waals surface area contributed by atoms with E-state index in [4.69, 9.17) is 4.74 Å². The molecule has 0 atom stereocenters. The second-order valence-electron chi connectivity index (χ2n) is 12.0. The van der Waals surface area contributed by atoms with E-state index < -0.39 is 5.97 Å². The van der Waals surface area contributed by atoms with Gasteiger partial charge in [0.05, 0.1) is 22.5 Å². The highest BCUT2D eigenvalue weighted by Gasteiger charge is 2.30. The molecule has 1 aliphatic rings. The second kappa shape index (κ2) is 13.2. The summed E-state index contributed by atoms with van der Waals surface area (Å²) in [6.45, 7) is 0.598. The van der Waals surface area contributed by atoms with Crippen LogP contribution in [0.3, 0.4) is 0 Å².